The molecule has 26 valence electrons. The van der Waals surface area contributed by atoms with Crippen LogP contribution in [-0.2, 0) is 0 Å². The molecule has 5 heavy (non-hydrogen) atoms. The van der Waals surface area contributed by atoms with E-state index in [-0.39, 0.29) is 51.4 Å². The summed E-state index contributed by atoms with van der Waals surface area (Å²) in [5.41, 5.74) is 0. The van der Waals surface area contributed by atoms with Gasteiger partial charge >= 0.3 is 51.4 Å². The van der Waals surface area contributed by atoms with Gasteiger partial charge in [0.2, 0.25) is 0 Å². The van der Waals surface area contributed by atoms with Crippen LogP contribution in [0, 0.1) is 0 Å². The molecule has 0 bridgehead atoms. The first-order chi connectivity index (χ1) is 1.73. The predicted octanol–water partition coefficient (Wildman–Crippen LogP) is -0.795. The summed E-state index contributed by atoms with van der Waals surface area (Å²) in [6.45, 7) is 0. The first kappa shape index (κ1) is 10.8. The molecular weight excluding hydrogens is 151 g/mol. The fourth-order valence-electron chi connectivity index (χ4n) is 0. The van der Waals surface area contributed by atoms with E-state index in [2.05, 4.69) is 8.93 Å². The van der Waals surface area contributed by atoms with Crippen LogP contribution in [0.25, 0.3) is 0 Å². The second kappa shape index (κ2) is 6.86. The average molecular weight is 154 g/mol. The largest absolute Gasteiger partial charge is 1.00 e. The number of halogens is 1. The molecule has 0 aliphatic heterocycles. The van der Waals surface area contributed by atoms with Gasteiger partial charge in [0.1, 0.15) is 0 Å². The Labute approximate surface area is 79.5 Å². The molecule has 0 aromatic heterocycles. The second-order valence-corrected chi connectivity index (χ2v) is 5.12. The molecule has 5 heteroatoms. The van der Waals surface area contributed by atoms with Gasteiger partial charge in [-0.15, -0.1) is 8.93 Å². The van der Waals surface area contributed by atoms with E-state index in [1.807, 2.05) is 8.93 Å². The van der Waals surface area contributed by atoms with E-state index in [4.69, 9.17) is 0 Å². The van der Waals surface area contributed by atoms with Crippen LogP contribution in [0.4, 0.5) is 4.20 Å². The Morgan fingerprint density at radius 3 is 1.80 bits per heavy atom. The molecule has 2 atom stereocenters. The SMILES string of the molecule is FP([PH-])P.[K+]. The van der Waals surface area contributed by atoms with Gasteiger partial charge in [-0.3, -0.25) is 4.20 Å². The van der Waals surface area contributed by atoms with Crippen LogP contribution in [0.3, 0.4) is 0 Å². The molecule has 0 nitrogen and oxygen atoms in total. The van der Waals surface area contributed by atoms with Gasteiger partial charge in [-0.1, -0.05) is 7.61 Å². The molecular formula is H3FKP3. The van der Waals surface area contributed by atoms with Gasteiger partial charge in [-0.2, -0.15) is 0 Å². The Morgan fingerprint density at radius 2 is 1.80 bits per heavy atom. The van der Waals surface area contributed by atoms with Gasteiger partial charge in [0.05, 0.1) is 0 Å². The third kappa shape index (κ3) is 19.8. The van der Waals surface area contributed by atoms with Gasteiger partial charge in [0.25, 0.3) is 0 Å². The fourth-order valence-corrected chi connectivity index (χ4v) is 0. The zero-order valence-corrected chi connectivity index (χ0v) is 9.07. The van der Waals surface area contributed by atoms with Crippen molar-refractivity contribution < 1.29 is 55.6 Å². The van der Waals surface area contributed by atoms with E-state index in [1.54, 1.807) is 0 Å². The molecule has 0 aliphatic rings. The molecule has 0 N–H and O–H groups in total. The van der Waals surface area contributed by atoms with Crippen LogP contribution >= 0.6 is 25.5 Å². The third-order valence-corrected chi connectivity index (χ3v) is 0. The number of hydrogen-bond acceptors (Lipinski definition) is 0. The molecule has 2 unspecified atom stereocenters. The normalized spacial score (nSPS) is 12.6. The van der Waals surface area contributed by atoms with E-state index in [1.165, 1.54) is 0 Å². The van der Waals surface area contributed by atoms with E-state index in [0.29, 0.717) is 0 Å². The molecule has 0 radical (unpaired) electrons. The summed E-state index contributed by atoms with van der Waals surface area (Å²) < 4.78 is 10.9. The van der Waals surface area contributed by atoms with Crippen molar-refractivity contribution in [1.29, 1.82) is 0 Å². The van der Waals surface area contributed by atoms with Crippen LogP contribution in [0.1, 0.15) is 0 Å². The van der Waals surface area contributed by atoms with Crippen LogP contribution in [0.5, 0.6) is 0 Å². The predicted molar refractivity (Wildman–Crippen MR) is 26.1 cm³/mol. The minimum absolute atomic E-state index is 0. The van der Waals surface area contributed by atoms with Crippen molar-refractivity contribution in [2.75, 3.05) is 0 Å². The molecule has 0 spiro atoms. The average Bonchev–Trinajstić information content (AvgIpc) is 0.811. The Balaban J connectivity index is 0. The van der Waals surface area contributed by atoms with Gasteiger partial charge < -0.3 is 8.93 Å². The van der Waals surface area contributed by atoms with Crippen molar-refractivity contribution in [2.45, 2.75) is 0 Å². The summed E-state index contributed by atoms with van der Waals surface area (Å²) in [6, 6.07) is 0. The van der Waals surface area contributed by atoms with Gasteiger partial charge in [-0.05, 0) is 0 Å². The topological polar surface area (TPSA) is 0 Å². The van der Waals surface area contributed by atoms with Crippen molar-refractivity contribution >= 4 is 25.5 Å². The summed E-state index contributed by atoms with van der Waals surface area (Å²) >= 11 is 0. The molecule has 0 aromatic carbocycles. The summed E-state index contributed by atoms with van der Waals surface area (Å²) in [5.74, 6) is 0. The van der Waals surface area contributed by atoms with E-state index >= 15 is 0 Å². The summed E-state index contributed by atoms with van der Waals surface area (Å²) in [6.07, 6.45) is 0. The Bertz CT molecular complexity index is 11.6. The van der Waals surface area contributed by atoms with Gasteiger partial charge in [-0.25, -0.2) is 0 Å². The van der Waals surface area contributed by atoms with E-state index in [0.717, 1.165) is 0 Å². The molecule has 0 aromatic rings. The molecule has 0 saturated heterocycles. The first-order valence-corrected chi connectivity index (χ1v) is 4.84. The first-order valence-electron chi connectivity index (χ1n) is 0.651. The standard InChI is InChI=1S/FH3P3.K/c1-4(2)3;/h2H,3H2;/q-1;+1. The van der Waals surface area contributed by atoms with Crippen LogP contribution in [0.15, 0.2) is 0 Å². The Hall–Kier alpha value is 2.86. The Kier molecular flexibility index (Phi) is 14.8. The molecule has 0 aliphatic carbocycles. The molecule has 0 fully saturated rings. The molecule has 0 amide bonds. The minimum atomic E-state index is -1.40. The Morgan fingerprint density at radius 1 is 1.80 bits per heavy atom. The maximum absolute atomic E-state index is 10.9. The van der Waals surface area contributed by atoms with Gasteiger partial charge in [0, 0.05) is 0 Å². The third-order valence-electron chi connectivity index (χ3n) is 0. The number of rotatable bonds is 0. The second-order valence-electron chi connectivity index (χ2n) is 0.311. The van der Waals surface area contributed by atoms with Crippen molar-refractivity contribution in [2.24, 2.45) is 0 Å². The van der Waals surface area contributed by atoms with Crippen molar-refractivity contribution in [3.8, 4) is 0 Å². The molecule has 0 saturated carbocycles. The maximum Gasteiger partial charge on any atom is 1.00 e. The summed E-state index contributed by atoms with van der Waals surface area (Å²) in [7, 11) is 3.24. The zero-order chi connectivity index (χ0) is 3.58. The zero-order valence-electron chi connectivity index (χ0n) is 2.90. The minimum Gasteiger partial charge on any atom is -0.486 e. The van der Waals surface area contributed by atoms with Crippen molar-refractivity contribution in [3.05, 3.63) is 0 Å². The number of hydrogen-bond donors (Lipinski definition) is 0. The maximum atomic E-state index is 10.9. The van der Waals surface area contributed by atoms with E-state index < -0.39 is 7.61 Å². The monoisotopic (exact) mass is 154 g/mol. The fraction of sp³-hybridized carbons (Fsp3) is 0. The summed E-state index contributed by atoms with van der Waals surface area (Å²) in [4.78, 5) is 0. The summed E-state index contributed by atoms with van der Waals surface area (Å²) in [5, 5.41) is 0. The van der Waals surface area contributed by atoms with Crippen LogP contribution < -0.4 is 51.4 Å². The molecule has 0 heterocycles. The quantitative estimate of drug-likeness (QED) is 0.316. The van der Waals surface area contributed by atoms with Crippen molar-refractivity contribution in [1.82, 2.24) is 0 Å². The van der Waals surface area contributed by atoms with Crippen LogP contribution in [-0.4, -0.2) is 0 Å². The van der Waals surface area contributed by atoms with E-state index in [9.17, 15) is 4.20 Å². The van der Waals surface area contributed by atoms with Crippen LogP contribution in [0.2, 0.25) is 0 Å². The van der Waals surface area contributed by atoms with Crippen molar-refractivity contribution in [3.63, 3.8) is 0 Å². The smallest absolute Gasteiger partial charge is 0.486 e. The molecule has 0 rings (SSSR count). The van der Waals surface area contributed by atoms with Gasteiger partial charge in [0.15, 0.2) is 0 Å².